The standard InChI is InChI=1S/C20H18N2O3/c1-13-12-16(15-10-6-7-11-17(15)21-13)19(23)22-18(20(24)25-2)14-8-4-3-5-9-14/h3-12,18H,1-2H3,(H,22,23). The first-order valence-electron chi connectivity index (χ1n) is 7.90. The zero-order chi connectivity index (χ0) is 17.8. The highest BCUT2D eigenvalue weighted by molar-refractivity contribution is 6.07. The van der Waals surface area contributed by atoms with Crippen LogP contribution in [-0.2, 0) is 9.53 Å². The number of pyridine rings is 1. The minimum absolute atomic E-state index is 0.346. The van der Waals surface area contributed by atoms with Crippen LogP contribution in [-0.4, -0.2) is 24.0 Å². The van der Waals surface area contributed by atoms with Crippen LogP contribution in [0.3, 0.4) is 0 Å². The Morgan fingerprint density at radius 3 is 2.44 bits per heavy atom. The van der Waals surface area contributed by atoms with E-state index in [1.54, 1.807) is 18.2 Å². The molecule has 0 saturated carbocycles. The van der Waals surface area contributed by atoms with Crippen LogP contribution in [0.4, 0.5) is 0 Å². The number of carbonyl (C=O) groups is 2. The molecule has 5 nitrogen and oxygen atoms in total. The van der Waals surface area contributed by atoms with Crippen LogP contribution >= 0.6 is 0 Å². The van der Waals surface area contributed by atoms with Crippen LogP contribution in [0.5, 0.6) is 0 Å². The van der Waals surface area contributed by atoms with E-state index in [0.29, 0.717) is 11.1 Å². The minimum atomic E-state index is -0.870. The molecule has 1 aromatic heterocycles. The van der Waals surface area contributed by atoms with Crippen molar-refractivity contribution in [1.82, 2.24) is 10.3 Å². The summed E-state index contributed by atoms with van der Waals surface area (Å²) in [4.78, 5) is 29.5. The average molecular weight is 334 g/mol. The number of hydrogen-bond donors (Lipinski definition) is 1. The van der Waals surface area contributed by atoms with Gasteiger partial charge in [0, 0.05) is 11.1 Å². The van der Waals surface area contributed by atoms with Gasteiger partial charge in [0.2, 0.25) is 0 Å². The first-order valence-corrected chi connectivity index (χ1v) is 7.90. The highest BCUT2D eigenvalue weighted by Gasteiger charge is 2.24. The number of nitrogens with one attached hydrogen (secondary N) is 1. The number of ether oxygens (including phenoxy) is 1. The number of aromatic nitrogens is 1. The van der Waals surface area contributed by atoms with Gasteiger partial charge in [0.15, 0.2) is 6.04 Å². The van der Waals surface area contributed by atoms with Crippen molar-refractivity contribution in [3.63, 3.8) is 0 Å². The van der Waals surface area contributed by atoms with E-state index in [1.165, 1.54) is 7.11 Å². The van der Waals surface area contributed by atoms with Gasteiger partial charge in [-0.3, -0.25) is 9.78 Å². The van der Waals surface area contributed by atoms with Crippen LogP contribution < -0.4 is 5.32 Å². The lowest BCUT2D eigenvalue weighted by Gasteiger charge is -2.17. The van der Waals surface area contributed by atoms with Gasteiger partial charge in [-0.05, 0) is 24.6 Å². The summed E-state index contributed by atoms with van der Waals surface area (Å²) in [6.45, 7) is 1.83. The Hall–Kier alpha value is -3.21. The maximum absolute atomic E-state index is 12.9. The first kappa shape index (κ1) is 16.6. The number of amides is 1. The molecular weight excluding hydrogens is 316 g/mol. The van der Waals surface area contributed by atoms with Gasteiger partial charge in [-0.2, -0.15) is 0 Å². The van der Waals surface area contributed by atoms with Gasteiger partial charge >= 0.3 is 5.97 Å². The van der Waals surface area contributed by atoms with Crippen molar-refractivity contribution in [2.45, 2.75) is 13.0 Å². The summed E-state index contributed by atoms with van der Waals surface area (Å²) in [5, 5.41) is 3.52. The Kier molecular flexibility index (Phi) is 4.75. The van der Waals surface area contributed by atoms with Crippen LogP contribution in [0, 0.1) is 6.92 Å². The molecule has 1 amide bonds. The Bertz CT molecular complexity index is 923. The Morgan fingerprint density at radius 2 is 1.72 bits per heavy atom. The largest absolute Gasteiger partial charge is 0.467 e. The highest BCUT2D eigenvalue weighted by atomic mass is 16.5. The summed E-state index contributed by atoms with van der Waals surface area (Å²) >= 11 is 0. The molecule has 5 heteroatoms. The van der Waals surface area contributed by atoms with Crippen LogP contribution in [0.2, 0.25) is 0 Å². The Morgan fingerprint density at radius 1 is 1.04 bits per heavy atom. The third-order valence-electron chi connectivity index (χ3n) is 3.93. The molecule has 1 heterocycles. The topological polar surface area (TPSA) is 68.3 Å². The SMILES string of the molecule is COC(=O)C(NC(=O)c1cc(C)nc2ccccc12)c1ccccc1. The lowest BCUT2D eigenvalue weighted by Crippen LogP contribution is -2.34. The number of rotatable bonds is 4. The number of nitrogens with zero attached hydrogens (tertiary/aromatic N) is 1. The predicted molar refractivity (Wildman–Crippen MR) is 95.1 cm³/mol. The van der Waals surface area contributed by atoms with Crippen molar-refractivity contribution in [1.29, 1.82) is 0 Å². The highest BCUT2D eigenvalue weighted by Crippen LogP contribution is 2.20. The van der Waals surface area contributed by atoms with Crippen molar-refractivity contribution in [3.8, 4) is 0 Å². The molecule has 0 aliphatic carbocycles. The molecule has 3 aromatic rings. The fourth-order valence-electron chi connectivity index (χ4n) is 2.75. The second-order valence-corrected chi connectivity index (χ2v) is 5.67. The van der Waals surface area contributed by atoms with Gasteiger partial charge in [0.25, 0.3) is 5.91 Å². The van der Waals surface area contributed by atoms with Crippen molar-refractivity contribution < 1.29 is 14.3 Å². The number of hydrogen-bond acceptors (Lipinski definition) is 4. The lowest BCUT2D eigenvalue weighted by molar-refractivity contribution is -0.143. The smallest absolute Gasteiger partial charge is 0.333 e. The Balaban J connectivity index is 1.99. The fraction of sp³-hybridized carbons (Fsp3) is 0.150. The summed E-state index contributed by atoms with van der Waals surface area (Å²) in [5.41, 5.74) is 2.62. The van der Waals surface area contributed by atoms with E-state index in [1.807, 2.05) is 49.4 Å². The van der Waals surface area contributed by atoms with E-state index in [0.717, 1.165) is 16.6 Å². The van der Waals surface area contributed by atoms with Gasteiger partial charge in [-0.15, -0.1) is 0 Å². The lowest BCUT2D eigenvalue weighted by atomic mass is 10.0. The molecule has 0 aliphatic heterocycles. The molecule has 1 N–H and O–H groups in total. The number of methoxy groups -OCH3 is 1. The number of esters is 1. The zero-order valence-corrected chi connectivity index (χ0v) is 14.0. The zero-order valence-electron chi connectivity index (χ0n) is 14.0. The maximum atomic E-state index is 12.9. The van der Waals surface area contributed by atoms with E-state index >= 15 is 0 Å². The summed E-state index contributed by atoms with van der Waals surface area (Å²) in [5.74, 6) is -0.865. The molecule has 1 atom stereocenters. The van der Waals surface area contributed by atoms with Crippen LogP contribution in [0.15, 0.2) is 60.7 Å². The van der Waals surface area contributed by atoms with Crippen LogP contribution in [0.25, 0.3) is 10.9 Å². The molecule has 0 radical (unpaired) electrons. The number of carbonyl (C=O) groups excluding carboxylic acids is 2. The summed E-state index contributed by atoms with van der Waals surface area (Å²) in [7, 11) is 1.30. The normalized spacial score (nSPS) is 11.8. The van der Waals surface area contributed by atoms with Gasteiger partial charge in [0.1, 0.15) is 0 Å². The number of aryl methyl sites for hydroxylation is 1. The molecule has 2 aromatic carbocycles. The van der Waals surface area contributed by atoms with E-state index < -0.39 is 12.0 Å². The molecule has 126 valence electrons. The third-order valence-corrected chi connectivity index (χ3v) is 3.93. The number of fused-ring (bicyclic) bond motifs is 1. The molecule has 0 bridgehead atoms. The van der Waals surface area contributed by atoms with Gasteiger partial charge in [-0.25, -0.2) is 4.79 Å². The molecule has 0 spiro atoms. The van der Waals surface area contributed by atoms with Gasteiger partial charge < -0.3 is 10.1 Å². The first-order chi connectivity index (χ1) is 12.1. The molecule has 0 aliphatic rings. The van der Waals surface area contributed by atoms with Gasteiger partial charge in [0.05, 0.1) is 18.2 Å². The van der Waals surface area contributed by atoms with Crippen molar-refractivity contribution in [2.75, 3.05) is 7.11 Å². The second kappa shape index (κ2) is 7.13. The minimum Gasteiger partial charge on any atom is -0.467 e. The molecule has 1 unspecified atom stereocenters. The monoisotopic (exact) mass is 334 g/mol. The molecule has 3 rings (SSSR count). The van der Waals surface area contributed by atoms with E-state index in [-0.39, 0.29) is 5.91 Å². The maximum Gasteiger partial charge on any atom is 0.333 e. The molecule has 25 heavy (non-hydrogen) atoms. The molecule has 0 saturated heterocycles. The van der Waals surface area contributed by atoms with E-state index in [4.69, 9.17) is 4.74 Å². The summed E-state index contributed by atoms with van der Waals surface area (Å²) in [6, 6.07) is 17.3. The third kappa shape index (κ3) is 3.50. The second-order valence-electron chi connectivity index (χ2n) is 5.67. The molecular formula is C20H18N2O3. The fourth-order valence-corrected chi connectivity index (χ4v) is 2.75. The van der Waals surface area contributed by atoms with E-state index in [9.17, 15) is 9.59 Å². The van der Waals surface area contributed by atoms with Gasteiger partial charge in [-0.1, -0.05) is 48.5 Å². The van der Waals surface area contributed by atoms with E-state index in [2.05, 4.69) is 10.3 Å². The summed E-state index contributed by atoms with van der Waals surface area (Å²) < 4.78 is 4.85. The number of benzene rings is 2. The van der Waals surface area contributed by atoms with Crippen molar-refractivity contribution in [3.05, 3.63) is 77.5 Å². The van der Waals surface area contributed by atoms with Crippen molar-refractivity contribution in [2.24, 2.45) is 0 Å². The Labute approximate surface area is 145 Å². The van der Waals surface area contributed by atoms with Crippen LogP contribution in [0.1, 0.15) is 27.7 Å². The predicted octanol–water partition coefficient (Wildman–Crippen LogP) is 3.19. The van der Waals surface area contributed by atoms with Crippen molar-refractivity contribution >= 4 is 22.8 Å². The average Bonchev–Trinajstić information content (AvgIpc) is 2.65. The summed E-state index contributed by atoms with van der Waals surface area (Å²) in [6.07, 6.45) is 0. The molecule has 0 fully saturated rings. The number of para-hydroxylation sites is 1. The quantitative estimate of drug-likeness (QED) is 0.744.